The molecular formula is C43H86N2. The van der Waals surface area contributed by atoms with Crippen molar-refractivity contribution in [3.8, 4) is 0 Å². The molecule has 0 saturated heterocycles. The van der Waals surface area contributed by atoms with E-state index in [0.717, 1.165) is 41.4 Å². The average Bonchev–Trinajstić information content (AvgIpc) is 3.24. The first kappa shape index (κ1) is 41.1. The van der Waals surface area contributed by atoms with E-state index in [9.17, 15) is 0 Å². The summed E-state index contributed by atoms with van der Waals surface area (Å²) in [6, 6.07) is 1.33. The summed E-state index contributed by atoms with van der Waals surface area (Å²) in [5.41, 5.74) is 8.47. The Kier molecular flexibility index (Phi) is 15.6. The van der Waals surface area contributed by atoms with E-state index in [2.05, 4.69) is 116 Å². The Morgan fingerprint density at radius 1 is 0.711 bits per heavy atom. The molecule has 0 radical (unpaired) electrons. The van der Waals surface area contributed by atoms with Gasteiger partial charge in [0, 0.05) is 18.1 Å². The molecule has 0 spiro atoms. The molecule has 0 aromatic heterocycles. The van der Waals surface area contributed by atoms with Gasteiger partial charge in [-0.3, -0.25) is 0 Å². The van der Waals surface area contributed by atoms with E-state index >= 15 is 0 Å². The first-order chi connectivity index (χ1) is 20.6. The van der Waals surface area contributed by atoms with Gasteiger partial charge in [0.25, 0.3) is 0 Å². The van der Waals surface area contributed by atoms with Crippen LogP contribution in [0.5, 0.6) is 0 Å². The largest absolute Gasteiger partial charge is 0.327 e. The van der Waals surface area contributed by atoms with Crippen LogP contribution < -0.4 is 11.1 Å². The number of rotatable bonds is 15. The van der Waals surface area contributed by atoms with Crippen molar-refractivity contribution in [2.75, 3.05) is 0 Å². The molecule has 0 bridgehead atoms. The summed E-state index contributed by atoms with van der Waals surface area (Å²) in [7, 11) is 0. The SMILES string of the molecule is CCC(CCC(C)C(C)(C)C)C(NC(C)C(C)CCC(C)C(C)(C)C)C1CC(C(C)(C)C)C(CCC2C(C)CCC2C)CC1N. The maximum absolute atomic E-state index is 7.39. The van der Waals surface area contributed by atoms with E-state index in [0.29, 0.717) is 52.1 Å². The Morgan fingerprint density at radius 2 is 1.22 bits per heavy atom. The summed E-state index contributed by atoms with van der Waals surface area (Å²) < 4.78 is 0. The van der Waals surface area contributed by atoms with Crippen molar-refractivity contribution < 1.29 is 0 Å². The van der Waals surface area contributed by atoms with Crippen LogP contribution in [-0.4, -0.2) is 18.1 Å². The third kappa shape index (κ3) is 12.1. The molecule has 0 amide bonds. The average molecular weight is 631 g/mol. The van der Waals surface area contributed by atoms with Gasteiger partial charge in [-0.1, -0.05) is 123 Å². The second-order valence-electron chi connectivity index (χ2n) is 20.6. The first-order valence-electron chi connectivity index (χ1n) is 20.1. The third-order valence-electron chi connectivity index (χ3n) is 14.5. The molecule has 3 N–H and O–H groups in total. The molecule has 2 saturated carbocycles. The fourth-order valence-electron chi connectivity index (χ4n) is 9.44. The van der Waals surface area contributed by atoms with Gasteiger partial charge in [0.05, 0.1) is 0 Å². The van der Waals surface area contributed by atoms with E-state index in [1.165, 1.54) is 70.6 Å². The zero-order valence-electron chi connectivity index (χ0n) is 33.9. The Labute approximate surface area is 285 Å². The van der Waals surface area contributed by atoms with Gasteiger partial charge in [0.15, 0.2) is 0 Å². The fourth-order valence-corrected chi connectivity index (χ4v) is 9.44. The standard InChI is InChI=1S/C43H86N2/c1-17-34(23-22-32(6)42(11,12)13)40(45-33(7)28(2)20-21-31(5)41(8,9)10)37-27-38(43(14,15)16)35(26-39(37)44)24-25-36-29(3)18-19-30(36)4/h28-40,45H,17-27,44H2,1-16H3. The maximum atomic E-state index is 7.39. The van der Waals surface area contributed by atoms with Crippen LogP contribution in [0.3, 0.4) is 0 Å². The predicted molar refractivity (Wildman–Crippen MR) is 202 cm³/mol. The summed E-state index contributed by atoms with van der Waals surface area (Å²) in [6.45, 7) is 39.5. The zero-order valence-corrected chi connectivity index (χ0v) is 33.9. The summed E-state index contributed by atoms with van der Waals surface area (Å²) in [6.07, 6.45) is 14.7. The van der Waals surface area contributed by atoms with E-state index in [1.807, 2.05) is 0 Å². The highest BCUT2D eigenvalue weighted by atomic mass is 15.0. The predicted octanol–water partition coefficient (Wildman–Crippen LogP) is 12.4. The minimum atomic E-state index is 0.307. The highest BCUT2D eigenvalue weighted by Gasteiger charge is 2.45. The minimum Gasteiger partial charge on any atom is -0.327 e. The summed E-state index contributed by atoms with van der Waals surface area (Å²) in [5.74, 6) is 7.66. The van der Waals surface area contributed by atoms with Gasteiger partial charge in [-0.2, -0.15) is 0 Å². The van der Waals surface area contributed by atoms with E-state index < -0.39 is 0 Å². The van der Waals surface area contributed by atoms with Gasteiger partial charge < -0.3 is 11.1 Å². The van der Waals surface area contributed by atoms with Gasteiger partial charge in [-0.25, -0.2) is 0 Å². The second kappa shape index (κ2) is 17.0. The molecule has 2 heteroatoms. The van der Waals surface area contributed by atoms with Crippen molar-refractivity contribution in [1.82, 2.24) is 5.32 Å². The molecular weight excluding hydrogens is 544 g/mol. The molecule has 2 rings (SSSR count). The molecule has 45 heavy (non-hydrogen) atoms. The molecule has 268 valence electrons. The smallest absolute Gasteiger partial charge is 0.0141 e. The number of hydrogen-bond acceptors (Lipinski definition) is 2. The van der Waals surface area contributed by atoms with Gasteiger partial charge in [-0.15, -0.1) is 0 Å². The van der Waals surface area contributed by atoms with Crippen LogP contribution in [0.4, 0.5) is 0 Å². The van der Waals surface area contributed by atoms with Crippen molar-refractivity contribution in [3.63, 3.8) is 0 Å². The lowest BCUT2D eigenvalue weighted by molar-refractivity contribution is 0.0242. The lowest BCUT2D eigenvalue weighted by Crippen LogP contribution is -2.57. The highest BCUT2D eigenvalue weighted by Crippen LogP contribution is 2.49. The van der Waals surface area contributed by atoms with Crippen LogP contribution in [0.15, 0.2) is 0 Å². The lowest BCUT2D eigenvalue weighted by atomic mass is 9.58. The summed E-state index contributed by atoms with van der Waals surface area (Å²) >= 11 is 0. The van der Waals surface area contributed by atoms with Crippen LogP contribution in [0.2, 0.25) is 0 Å². The molecule has 12 atom stereocenters. The molecule has 0 aliphatic heterocycles. The van der Waals surface area contributed by atoms with Crippen molar-refractivity contribution >= 4 is 0 Å². The van der Waals surface area contributed by atoms with Crippen molar-refractivity contribution in [1.29, 1.82) is 0 Å². The maximum Gasteiger partial charge on any atom is 0.0141 e. The minimum absolute atomic E-state index is 0.307. The Hall–Kier alpha value is -0.0800. The molecule has 0 aromatic rings. The quantitative estimate of drug-likeness (QED) is 0.189. The van der Waals surface area contributed by atoms with Crippen molar-refractivity contribution in [2.24, 2.45) is 81.2 Å². The van der Waals surface area contributed by atoms with Crippen LogP contribution in [0, 0.1) is 75.4 Å². The lowest BCUT2D eigenvalue weighted by Gasteiger charge is -2.51. The molecule has 2 aliphatic rings. The number of hydrogen-bond donors (Lipinski definition) is 2. The van der Waals surface area contributed by atoms with Crippen LogP contribution >= 0.6 is 0 Å². The Bertz CT molecular complexity index is 816. The van der Waals surface area contributed by atoms with Crippen LogP contribution in [0.1, 0.15) is 181 Å². The first-order valence-corrected chi connectivity index (χ1v) is 20.1. The molecule has 2 nitrogen and oxygen atoms in total. The van der Waals surface area contributed by atoms with Gasteiger partial charge in [0.2, 0.25) is 0 Å². The normalized spacial score (nSPS) is 32.6. The third-order valence-corrected chi connectivity index (χ3v) is 14.5. The molecule has 0 heterocycles. The zero-order chi connectivity index (χ0) is 34.5. The van der Waals surface area contributed by atoms with Gasteiger partial charge >= 0.3 is 0 Å². The Balaban J connectivity index is 2.30. The summed E-state index contributed by atoms with van der Waals surface area (Å²) in [4.78, 5) is 0. The number of nitrogens with two attached hydrogens (primary N) is 1. The van der Waals surface area contributed by atoms with Crippen LogP contribution in [-0.2, 0) is 0 Å². The van der Waals surface area contributed by atoms with Crippen molar-refractivity contribution in [3.05, 3.63) is 0 Å². The van der Waals surface area contributed by atoms with Crippen LogP contribution in [0.25, 0.3) is 0 Å². The van der Waals surface area contributed by atoms with Gasteiger partial charge in [-0.05, 0) is 134 Å². The monoisotopic (exact) mass is 631 g/mol. The van der Waals surface area contributed by atoms with E-state index in [1.54, 1.807) is 0 Å². The van der Waals surface area contributed by atoms with Gasteiger partial charge in [0.1, 0.15) is 0 Å². The van der Waals surface area contributed by atoms with E-state index in [4.69, 9.17) is 5.73 Å². The van der Waals surface area contributed by atoms with Crippen molar-refractivity contribution in [2.45, 2.75) is 200 Å². The fraction of sp³-hybridized carbons (Fsp3) is 1.00. The number of nitrogens with one attached hydrogen (secondary N) is 1. The topological polar surface area (TPSA) is 38.0 Å². The molecule has 12 unspecified atom stereocenters. The molecule has 2 aliphatic carbocycles. The molecule has 0 aromatic carbocycles. The van der Waals surface area contributed by atoms with E-state index in [-0.39, 0.29) is 0 Å². The Morgan fingerprint density at radius 3 is 1.69 bits per heavy atom. The highest BCUT2D eigenvalue weighted by molar-refractivity contribution is 5.00. The second-order valence-corrected chi connectivity index (χ2v) is 20.6. The molecule has 2 fully saturated rings. The summed E-state index contributed by atoms with van der Waals surface area (Å²) in [5, 5.41) is 4.39.